The first-order chi connectivity index (χ1) is 2.71. The lowest BCUT2D eigenvalue weighted by Gasteiger charge is -2.25. The molecule has 0 aromatic carbocycles. The predicted molar refractivity (Wildman–Crippen MR) is 43.5 cm³/mol. The Kier molecular flexibility index (Phi) is 1.62. The van der Waals surface area contributed by atoms with Crippen LogP contribution in [0.4, 0.5) is 0 Å². The summed E-state index contributed by atoms with van der Waals surface area (Å²) in [6.45, 7) is 3.36. The minimum absolute atomic E-state index is 0.620. The number of hydrogen-bond donors (Lipinski definition) is 0. The predicted octanol–water partition coefficient (Wildman–Crippen LogP) is 2.88. The fourth-order valence-electron chi connectivity index (χ4n) is 0.165. The third-order valence-electron chi connectivity index (χ3n) is 0.461. The first-order valence-electron chi connectivity index (χ1n) is 1.54. The maximum Gasteiger partial charge on any atom is 0.00904 e. The minimum Gasteiger partial charge on any atom is -0.0895 e. The molecule has 0 aliphatic carbocycles. The van der Waals surface area contributed by atoms with E-state index in [1.807, 2.05) is 0 Å². The molecule has 0 amide bonds. The molecule has 1 aliphatic rings. The molecule has 0 aromatic rings. The largest absolute Gasteiger partial charge is 0.0895 e. The van der Waals surface area contributed by atoms with Gasteiger partial charge in [-0.15, -0.1) is 0 Å². The molecule has 0 spiro atoms. The first kappa shape index (κ1) is 5.56. The lowest BCUT2D eigenvalue weighted by atomic mass is 11.9. The molecule has 1 heterocycles. The summed E-state index contributed by atoms with van der Waals surface area (Å²) in [7, 11) is 0. The van der Waals surface area contributed by atoms with Gasteiger partial charge in [0.15, 0.2) is 0 Å². The highest BCUT2D eigenvalue weighted by Gasteiger charge is 2.17. The molecule has 1 aliphatic heterocycles. The Morgan fingerprint density at radius 2 is 2.00 bits per heavy atom. The maximum absolute atomic E-state index is 4.02. The third kappa shape index (κ3) is 1.20. The Morgan fingerprint density at radius 3 is 2.00 bits per heavy atom. The van der Waals surface area contributed by atoms with Crippen LogP contribution in [0.2, 0.25) is 0 Å². The zero-order valence-corrected chi connectivity index (χ0v) is 7.00. The third-order valence-corrected chi connectivity index (χ3v) is 20.5. The van der Waals surface area contributed by atoms with E-state index < -0.39 is 5.29 Å². The fraction of sp³-hybridized carbons (Fsp3) is 0.500. The molecule has 0 bridgehead atoms. The molecule has 0 saturated carbocycles. The van der Waals surface area contributed by atoms with Crippen molar-refractivity contribution in [3.8, 4) is 0 Å². The Labute approximate surface area is 47.6 Å². The molecular weight excluding hydrogens is 150 g/mol. The second-order valence-electron chi connectivity index (χ2n) is 1.28. The van der Waals surface area contributed by atoms with Gasteiger partial charge in [-0.25, -0.2) is 0 Å². The van der Waals surface area contributed by atoms with Crippen molar-refractivity contribution in [2.24, 2.45) is 0 Å². The summed E-state index contributed by atoms with van der Waals surface area (Å²) in [5.41, 5.74) is 0. The van der Waals surface area contributed by atoms with Crippen LogP contribution in [0.25, 0.3) is 0 Å². The van der Waals surface area contributed by atoms with Crippen molar-refractivity contribution >= 4 is 40.6 Å². The number of rotatable bonds is 0. The van der Waals surface area contributed by atoms with Gasteiger partial charge in [0.2, 0.25) is 0 Å². The molecule has 0 N–H and O–H groups in total. The molecule has 1 rings (SSSR count). The highest BCUT2D eigenvalue weighted by Crippen LogP contribution is 2.91. The lowest BCUT2D eigenvalue weighted by Crippen LogP contribution is -1.61. The van der Waals surface area contributed by atoms with Crippen molar-refractivity contribution in [1.29, 1.82) is 0 Å². The zero-order valence-electron chi connectivity index (χ0n) is 3.47. The Morgan fingerprint density at radius 1 is 1.67 bits per heavy atom. The van der Waals surface area contributed by atoms with Crippen LogP contribution in [-0.2, 0) is 0 Å². The SMILES string of the molecule is C=P1(C)SPS1. The zero-order chi connectivity index (χ0) is 4.62. The minimum atomic E-state index is -0.620. The van der Waals surface area contributed by atoms with Gasteiger partial charge in [0.1, 0.15) is 0 Å². The van der Waals surface area contributed by atoms with Gasteiger partial charge < -0.3 is 0 Å². The topological polar surface area (TPSA) is 0 Å². The van der Waals surface area contributed by atoms with Crippen molar-refractivity contribution in [3.05, 3.63) is 0 Å². The van der Waals surface area contributed by atoms with E-state index in [1.165, 1.54) is 0 Å². The van der Waals surface area contributed by atoms with Crippen molar-refractivity contribution in [1.82, 2.24) is 0 Å². The number of hydrogen-bond acceptors (Lipinski definition) is 2. The monoisotopic (exact) mass is 156 g/mol. The first-order valence-corrected chi connectivity index (χ1v) is 9.25. The van der Waals surface area contributed by atoms with Crippen molar-refractivity contribution < 1.29 is 0 Å². The van der Waals surface area contributed by atoms with Crippen molar-refractivity contribution in [2.45, 2.75) is 0 Å². The quantitative estimate of drug-likeness (QED) is 0.494. The summed E-state index contributed by atoms with van der Waals surface area (Å²) in [5.74, 6) is 0. The fourth-order valence-corrected chi connectivity index (χ4v) is 13.3. The summed E-state index contributed by atoms with van der Waals surface area (Å²) >= 11 is 4.11. The van der Waals surface area contributed by atoms with Crippen molar-refractivity contribution in [2.75, 3.05) is 6.66 Å². The summed E-state index contributed by atoms with van der Waals surface area (Å²) in [5, 5.41) is -0.620. The second kappa shape index (κ2) is 1.74. The van der Waals surface area contributed by atoms with Crippen LogP contribution in [-0.4, -0.2) is 13.0 Å². The Balaban J connectivity index is 2.53. The molecule has 6 heavy (non-hydrogen) atoms. The molecule has 0 nitrogen and oxygen atoms in total. The van der Waals surface area contributed by atoms with E-state index in [0.717, 1.165) is 6.98 Å². The van der Waals surface area contributed by atoms with Crippen LogP contribution >= 0.6 is 34.3 Å². The van der Waals surface area contributed by atoms with E-state index in [0.29, 0.717) is 0 Å². The normalized spacial score (nSPS) is 48.8. The van der Waals surface area contributed by atoms with E-state index in [9.17, 15) is 0 Å². The molecule has 4 heteroatoms. The molecular formula is C2H6P2S2. The molecule has 1 fully saturated rings. The van der Waals surface area contributed by atoms with Crippen LogP contribution in [0.1, 0.15) is 0 Å². The van der Waals surface area contributed by atoms with E-state index in [1.54, 1.807) is 0 Å². The molecule has 0 atom stereocenters. The molecule has 0 unspecified atom stereocenters. The van der Waals surface area contributed by atoms with Gasteiger partial charge in [0, 0.05) is 6.98 Å². The standard InChI is InChI=1S/C2H6P2S2/c1-4(2)5-3-6-4/h3H,1H2,2H3. The molecule has 0 aromatic heterocycles. The van der Waals surface area contributed by atoms with Crippen LogP contribution in [0.15, 0.2) is 0 Å². The summed E-state index contributed by atoms with van der Waals surface area (Å²) < 4.78 is 0. The summed E-state index contributed by atoms with van der Waals surface area (Å²) in [6.07, 6.45) is 4.02. The Hall–Kier alpha value is 1.43. The van der Waals surface area contributed by atoms with E-state index in [2.05, 4.69) is 35.0 Å². The molecule has 0 radical (unpaired) electrons. The highest BCUT2D eigenvalue weighted by atomic mass is 33.6. The van der Waals surface area contributed by atoms with E-state index >= 15 is 0 Å². The summed E-state index contributed by atoms with van der Waals surface area (Å²) in [6, 6.07) is 0. The lowest BCUT2D eigenvalue weighted by molar-refractivity contribution is 2.49. The van der Waals surface area contributed by atoms with Gasteiger partial charge in [0.05, 0.1) is 0 Å². The smallest absolute Gasteiger partial charge is 0.00904 e. The highest BCUT2D eigenvalue weighted by molar-refractivity contribution is 9.35. The summed E-state index contributed by atoms with van der Waals surface area (Å²) in [4.78, 5) is 0. The van der Waals surface area contributed by atoms with Crippen molar-refractivity contribution in [3.63, 3.8) is 0 Å². The Bertz CT molecular complexity index is 91.7. The van der Waals surface area contributed by atoms with Gasteiger partial charge >= 0.3 is 0 Å². The van der Waals surface area contributed by atoms with E-state index in [-0.39, 0.29) is 0 Å². The van der Waals surface area contributed by atoms with Crippen LogP contribution in [0.3, 0.4) is 0 Å². The van der Waals surface area contributed by atoms with Gasteiger partial charge in [-0.3, -0.25) is 0 Å². The van der Waals surface area contributed by atoms with E-state index in [4.69, 9.17) is 0 Å². The van der Waals surface area contributed by atoms with Gasteiger partial charge in [-0.2, -0.15) is 0 Å². The van der Waals surface area contributed by atoms with Gasteiger partial charge in [0.25, 0.3) is 0 Å². The van der Waals surface area contributed by atoms with Crippen LogP contribution in [0.5, 0.6) is 0 Å². The average molecular weight is 156 g/mol. The van der Waals surface area contributed by atoms with Crippen LogP contribution in [0, 0.1) is 0 Å². The maximum atomic E-state index is 4.02. The van der Waals surface area contributed by atoms with Gasteiger partial charge in [-0.05, 0) is 12.0 Å². The molecule has 1 saturated heterocycles. The van der Waals surface area contributed by atoms with Gasteiger partial charge in [-0.1, -0.05) is 28.3 Å². The average Bonchev–Trinajstić information content (AvgIpc) is 1.32. The second-order valence-corrected chi connectivity index (χ2v) is 15.8. The molecule has 36 valence electrons. The van der Waals surface area contributed by atoms with Crippen LogP contribution < -0.4 is 0 Å².